The van der Waals surface area contributed by atoms with Gasteiger partial charge in [-0.1, -0.05) is 32.6 Å². The molecule has 2 unspecified atom stereocenters. The van der Waals surface area contributed by atoms with Gasteiger partial charge in [-0.2, -0.15) is 0 Å². The molecule has 0 amide bonds. The van der Waals surface area contributed by atoms with Gasteiger partial charge in [-0.05, 0) is 18.8 Å². The van der Waals surface area contributed by atoms with Gasteiger partial charge in [0.2, 0.25) is 0 Å². The van der Waals surface area contributed by atoms with Crippen LogP contribution < -0.4 is 11.3 Å². The van der Waals surface area contributed by atoms with Gasteiger partial charge in [0.05, 0.1) is 6.10 Å². The Kier molecular flexibility index (Phi) is 5.45. The smallest absolute Gasteiger partial charge is 0.0735 e. The molecule has 0 bridgehead atoms. The first-order chi connectivity index (χ1) is 6.81. The van der Waals surface area contributed by atoms with Gasteiger partial charge in [-0.25, -0.2) is 0 Å². The molecular weight excluding hydrogens is 176 g/mol. The van der Waals surface area contributed by atoms with Crippen molar-refractivity contribution in [1.82, 2.24) is 5.43 Å². The van der Waals surface area contributed by atoms with Gasteiger partial charge < -0.3 is 4.74 Å². The molecule has 3 heteroatoms. The molecule has 2 atom stereocenters. The Balaban J connectivity index is 2.35. The molecule has 0 saturated heterocycles. The van der Waals surface area contributed by atoms with E-state index in [9.17, 15) is 0 Å². The Hall–Kier alpha value is -0.120. The Morgan fingerprint density at radius 2 is 2.07 bits per heavy atom. The predicted octanol–water partition coefficient (Wildman–Crippen LogP) is 1.82. The van der Waals surface area contributed by atoms with Crippen LogP contribution in [0.25, 0.3) is 0 Å². The number of hydrogen-bond donors (Lipinski definition) is 2. The van der Waals surface area contributed by atoms with Crippen molar-refractivity contribution in [1.29, 1.82) is 0 Å². The van der Waals surface area contributed by atoms with Crippen molar-refractivity contribution >= 4 is 0 Å². The zero-order chi connectivity index (χ0) is 10.4. The fourth-order valence-electron chi connectivity index (χ4n) is 2.55. The minimum atomic E-state index is 0.264. The van der Waals surface area contributed by atoms with Crippen LogP contribution in [-0.2, 0) is 4.74 Å². The highest BCUT2D eigenvalue weighted by Crippen LogP contribution is 2.29. The lowest BCUT2D eigenvalue weighted by molar-refractivity contribution is 0.0570. The molecule has 0 aromatic heterocycles. The second-order valence-corrected chi connectivity index (χ2v) is 4.34. The van der Waals surface area contributed by atoms with Crippen LogP contribution in [-0.4, -0.2) is 19.3 Å². The van der Waals surface area contributed by atoms with Crippen LogP contribution in [0, 0.1) is 5.92 Å². The molecule has 0 aromatic rings. The lowest BCUT2D eigenvalue weighted by atomic mass is 9.94. The normalized spacial score (nSPS) is 22.5. The fraction of sp³-hybridized carbons (Fsp3) is 1.00. The zero-order valence-electron chi connectivity index (χ0n) is 9.46. The SMILES string of the molecule is CCC(OC)C(CC1CCCC1)NN. The lowest BCUT2D eigenvalue weighted by Crippen LogP contribution is -2.45. The molecule has 14 heavy (non-hydrogen) atoms. The van der Waals surface area contributed by atoms with Crippen molar-refractivity contribution in [2.24, 2.45) is 11.8 Å². The molecule has 1 fully saturated rings. The van der Waals surface area contributed by atoms with Crippen LogP contribution >= 0.6 is 0 Å². The second kappa shape index (κ2) is 6.38. The van der Waals surface area contributed by atoms with Gasteiger partial charge in [0.15, 0.2) is 0 Å². The minimum Gasteiger partial charge on any atom is -0.380 e. The highest BCUT2D eigenvalue weighted by atomic mass is 16.5. The maximum absolute atomic E-state index is 5.57. The Morgan fingerprint density at radius 1 is 1.43 bits per heavy atom. The van der Waals surface area contributed by atoms with Gasteiger partial charge in [0.1, 0.15) is 0 Å². The van der Waals surface area contributed by atoms with Crippen molar-refractivity contribution in [3.63, 3.8) is 0 Å². The van der Waals surface area contributed by atoms with Crippen LogP contribution in [0.2, 0.25) is 0 Å². The average molecular weight is 200 g/mol. The van der Waals surface area contributed by atoms with Gasteiger partial charge >= 0.3 is 0 Å². The number of nitrogens with two attached hydrogens (primary N) is 1. The number of methoxy groups -OCH3 is 1. The third-order valence-electron chi connectivity index (χ3n) is 3.43. The topological polar surface area (TPSA) is 47.3 Å². The van der Waals surface area contributed by atoms with Gasteiger partial charge in [0.25, 0.3) is 0 Å². The third-order valence-corrected chi connectivity index (χ3v) is 3.43. The van der Waals surface area contributed by atoms with E-state index in [1.165, 1.54) is 32.1 Å². The third kappa shape index (κ3) is 3.23. The summed E-state index contributed by atoms with van der Waals surface area (Å²) < 4.78 is 5.42. The highest BCUT2D eigenvalue weighted by molar-refractivity contribution is 4.79. The fourth-order valence-corrected chi connectivity index (χ4v) is 2.55. The van der Waals surface area contributed by atoms with Crippen molar-refractivity contribution in [2.45, 2.75) is 57.6 Å². The Morgan fingerprint density at radius 3 is 2.50 bits per heavy atom. The molecule has 1 aliphatic rings. The first-order valence-corrected chi connectivity index (χ1v) is 5.80. The van der Waals surface area contributed by atoms with Crippen LogP contribution in [0.3, 0.4) is 0 Å². The standard InChI is InChI=1S/C11H24N2O/c1-3-11(14-2)10(13-12)8-9-6-4-5-7-9/h9-11,13H,3-8,12H2,1-2H3. The maximum atomic E-state index is 5.57. The predicted molar refractivity (Wildman–Crippen MR) is 58.8 cm³/mol. The Bertz CT molecular complexity index is 142. The molecule has 0 aromatic carbocycles. The van der Waals surface area contributed by atoms with E-state index in [0.29, 0.717) is 6.04 Å². The molecule has 1 saturated carbocycles. The first kappa shape index (κ1) is 12.0. The quantitative estimate of drug-likeness (QED) is 0.508. The molecule has 0 radical (unpaired) electrons. The summed E-state index contributed by atoms with van der Waals surface area (Å²) in [7, 11) is 1.77. The number of hydrazine groups is 1. The van der Waals surface area contributed by atoms with E-state index < -0.39 is 0 Å². The largest absolute Gasteiger partial charge is 0.380 e. The van der Waals surface area contributed by atoms with Crippen molar-refractivity contribution in [3.8, 4) is 0 Å². The molecule has 3 N–H and O–H groups in total. The Labute approximate surface area is 87.4 Å². The summed E-state index contributed by atoms with van der Waals surface area (Å²) in [6.07, 6.45) is 8.00. The van der Waals surface area contributed by atoms with E-state index in [0.717, 1.165) is 12.3 Å². The number of rotatable bonds is 6. The number of hydrogen-bond acceptors (Lipinski definition) is 3. The summed E-state index contributed by atoms with van der Waals surface area (Å²) in [4.78, 5) is 0. The van der Waals surface area contributed by atoms with Crippen LogP contribution in [0.15, 0.2) is 0 Å². The second-order valence-electron chi connectivity index (χ2n) is 4.34. The van der Waals surface area contributed by atoms with Gasteiger partial charge in [0, 0.05) is 13.2 Å². The van der Waals surface area contributed by atoms with E-state index in [4.69, 9.17) is 10.6 Å². The summed E-state index contributed by atoms with van der Waals surface area (Å²) >= 11 is 0. The van der Waals surface area contributed by atoms with Crippen molar-refractivity contribution in [2.75, 3.05) is 7.11 Å². The van der Waals surface area contributed by atoms with E-state index in [2.05, 4.69) is 12.3 Å². The highest BCUT2D eigenvalue weighted by Gasteiger charge is 2.24. The summed E-state index contributed by atoms with van der Waals surface area (Å²) in [6, 6.07) is 0.327. The summed E-state index contributed by atoms with van der Waals surface area (Å²) in [5.74, 6) is 6.43. The summed E-state index contributed by atoms with van der Waals surface area (Å²) in [5, 5.41) is 0. The van der Waals surface area contributed by atoms with Crippen molar-refractivity contribution in [3.05, 3.63) is 0 Å². The zero-order valence-corrected chi connectivity index (χ0v) is 9.46. The summed E-state index contributed by atoms with van der Waals surface area (Å²) in [6.45, 7) is 2.15. The van der Waals surface area contributed by atoms with Crippen LogP contribution in [0.4, 0.5) is 0 Å². The van der Waals surface area contributed by atoms with E-state index in [1.807, 2.05) is 0 Å². The first-order valence-electron chi connectivity index (χ1n) is 5.80. The minimum absolute atomic E-state index is 0.264. The molecular formula is C11H24N2O. The molecule has 3 nitrogen and oxygen atoms in total. The van der Waals surface area contributed by atoms with E-state index in [-0.39, 0.29) is 6.10 Å². The number of ether oxygens (including phenoxy) is 1. The van der Waals surface area contributed by atoms with Crippen molar-refractivity contribution < 1.29 is 4.74 Å². The molecule has 84 valence electrons. The van der Waals surface area contributed by atoms with E-state index in [1.54, 1.807) is 7.11 Å². The summed E-state index contributed by atoms with van der Waals surface area (Å²) in [5.41, 5.74) is 2.91. The molecule has 0 aliphatic heterocycles. The van der Waals surface area contributed by atoms with Crippen LogP contribution in [0.1, 0.15) is 45.4 Å². The number of nitrogens with one attached hydrogen (secondary N) is 1. The molecule has 0 heterocycles. The molecule has 1 aliphatic carbocycles. The van der Waals surface area contributed by atoms with Gasteiger partial charge in [-0.15, -0.1) is 0 Å². The van der Waals surface area contributed by atoms with Crippen LogP contribution in [0.5, 0.6) is 0 Å². The maximum Gasteiger partial charge on any atom is 0.0735 e. The van der Waals surface area contributed by atoms with Gasteiger partial charge in [-0.3, -0.25) is 11.3 Å². The molecule has 0 spiro atoms. The lowest BCUT2D eigenvalue weighted by Gasteiger charge is -2.26. The van der Waals surface area contributed by atoms with E-state index >= 15 is 0 Å². The monoisotopic (exact) mass is 200 g/mol. The molecule has 1 rings (SSSR count). The average Bonchev–Trinajstić information content (AvgIpc) is 2.70.